The molecule has 0 saturated heterocycles. The van der Waals surface area contributed by atoms with Crippen LogP contribution >= 0.6 is 0 Å². The molecule has 0 atom stereocenters. The molecule has 2 rings (SSSR count). The summed E-state index contributed by atoms with van der Waals surface area (Å²) in [5, 5.41) is 5.28. The number of amides is 1. The van der Waals surface area contributed by atoms with Gasteiger partial charge >= 0.3 is 0 Å². The average molecular weight is 282 g/mol. The summed E-state index contributed by atoms with van der Waals surface area (Å²) in [6.07, 6.45) is 0. The van der Waals surface area contributed by atoms with E-state index in [4.69, 9.17) is 0 Å². The Morgan fingerprint density at radius 1 is 1.10 bits per heavy atom. The molecule has 0 unspecified atom stereocenters. The van der Waals surface area contributed by atoms with Gasteiger partial charge in [0.1, 0.15) is 17.3 Å². The molecule has 20 heavy (non-hydrogen) atoms. The molecule has 0 radical (unpaired) electrons. The highest BCUT2D eigenvalue weighted by atomic mass is 19.1. The average Bonchev–Trinajstić information content (AvgIpc) is 2.71. The standard InChI is InChI=1S/C15H20F2N2O/c1-14(2)13(15(14,3)4)19-12(20)8-6-9(16)11(18-5)10(17)7-8/h6-7,13,18H,1-5H3,(H,19,20). The summed E-state index contributed by atoms with van der Waals surface area (Å²) in [5.74, 6) is -1.99. The number of carbonyl (C=O) groups is 1. The molecular formula is C15H20F2N2O. The van der Waals surface area contributed by atoms with Crippen LogP contribution in [0.4, 0.5) is 14.5 Å². The lowest BCUT2D eigenvalue weighted by Gasteiger charge is -2.09. The van der Waals surface area contributed by atoms with Crippen molar-refractivity contribution >= 4 is 11.6 Å². The van der Waals surface area contributed by atoms with E-state index in [1.165, 1.54) is 7.05 Å². The van der Waals surface area contributed by atoms with Gasteiger partial charge in [0.25, 0.3) is 5.91 Å². The minimum Gasteiger partial charge on any atom is -0.383 e. The zero-order valence-electron chi connectivity index (χ0n) is 12.4. The summed E-state index contributed by atoms with van der Waals surface area (Å²) in [6, 6.07) is 2.09. The highest BCUT2D eigenvalue weighted by Gasteiger charge is 2.65. The lowest BCUT2D eigenvalue weighted by atomic mass is 10.0. The normalized spacial score (nSPS) is 19.6. The van der Waals surface area contributed by atoms with Gasteiger partial charge in [-0.05, 0) is 23.0 Å². The SMILES string of the molecule is CNc1c(F)cc(C(=O)NC2C(C)(C)C2(C)C)cc1F. The maximum Gasteiger partial charge on any atom is 0.251 e. The predicted molar refractivity (Wildman–Crippen MR) is 74.7 cm³/mol. The third-order valence-corrected chi connectivity index (χ3v) is 4.85. The molecule has 0 bridgehead atoms. The van der Waals surface area contributed by atoms with E-state index < -0.39 is 17.5 Å². The Labute approximate surface area is 117 Å². The lowest BCUT2D eigenvalue weighted by molar-refractivity contribution is 0.0942. The summed E-state index contributed by atoms with van der Waals surface area (Å²) in [4.78, 5) is 12.1. The zero-order chi connectivity index (χ0) is 15.3. The fourth-order valence-electron chi connectivity index (χ4n) is 2.71. The van der Waals surface area contributed by atoms with E-state index >= 15 is 0 Å². The van der Waals surface area contributed by atoms with Crippen LogP contribution in [-0.4, -0.2) is 19.0 Å². The monoisotopic (exact) mass is 282 g/mol. The molecule has 0 heterocycles. The van der Waals surface area contributed by atoms with Crippen LogP contribution in [0.3, 0.4) is 0 Å². The van der Waals surface area contributed by atoms with Crippen molar-refractivity contribution in [3.8, 4) is 0 Å². The number of carbonyl (C=O) groups excluding carboxylic acids is 1. The van der Waals surface area contributed by atoms with Crippen LogP contribution in [0.2, 0.25) is 0 Å². The molecule has 2 N–H and O–H groups in total. The molecule has 1 aliphatic carbocycles. The Bertz CT molecular complexity index is 530. The maximum absolute atomic E-state index is 13.6. The smallest absolute Gasteiger partial charge is 0.251 e. The maximum atomic E-state index is 13.6. The Kier molecular flexibility index (Phi) is 3.27. The van der Waals surface area contributed by atoms with Crippen molar-refractivity contribution in [2.75, 3.05) is 12.4 Å². The zero-order valence-corrected chi connectivity index (χ0v) is 12.4. The second kappa shape index (κ2) is 4.43. The first-order valence-electron chi connectivity index (χ1n) is 6.60. The van der Waals surface area contributed by atoms with Crippen LogP contribution in [0, 0.1) is 22.5 Å². The number of hydrogen-bond donors (Lipinski definition) is 2. The number of halogens is 2. The first-order valence-corrected chi connectivity index (χ1v) is 6.60. The van der Waals surface area contributed by atoms with Crippen LogP contribution in [0.5, 0.6) is 0 Å². The predicted octanol–water partition coefficient (Wildman–Crippen LogP) is 3.17. The van der Waals surface area contributed by atoms with Crippen molar-refractivity contribution in [2.45, 2.75) is 33.7 Å². The van der Waals surface area contributed by atoms with Gasteiger partial charge < -0.3 is 10.6 Å². The second-order valence-corrected chi connectivity index (χ2v) is 6.41. The third-order valence-electron chi connectivity index (χ3n) is 4.85. The molecule has 1 aliphatic rings. The summed E-state index contributed by atoms with van der Waals surface area (Å²) in [7, 11) is 1.43. The van der Waals surface area contributed by atoms with Crippen molar-refractivity contribution in [2.24, 2.45) is 10.8 Å². The lowest BCUT2D eigenvalue weighted by Crippen LogP contribution is -2.30. The quantitative estimate of drug-likeness (QED) is 0.894. The summed E-state index contributed by atoms with van der Waals surface area (Å²) < 4.78 is 27.3. The first kappa shape index (κ1) is 14.8. The van der Waals surface area contributed by atoms with E-state index in [2.05, 4.69) is 38.3 Å². The van der Waals surface area contributed by atoms with E-state index in [0.29, 0.717) is 0 Å². The summed E-state index contributed by atoms with van der Waals surface area (Å²) >= 11 is 0. The topological polar surface area (TPSA) is 41.1 Å². The van der Waals surface area contributed by atoms with Gasteiger partial charge in [0, 0.05) is 18.7 Å². The number of benzene rings is 1. The molecule has 3 nitrogen and oxygen atoms in total. The number of hydrogen-bond acceptors (Lipinski definition) is 2. The van der Waals surface area contributed by atoms with Crippen molar-refractivity contribution in [3.63, 3.8) is 0 Å². The molecule has 0 aliphatic heterocycles. The van der Waals surface area contributed by atoms with Gasteiger partial charge in [-0.1, -0.05) is 27.7 Å². The Balaban J connectivity index is 2.20. The third kappa shape index (κ3) is 2.05. The largest absolute Gasteiger partial charge is 0.383 e. The second-order valence-electron chi connectivity index (χ2n) is 6.41. The van der Waals surface area contributed by atoms with Crippen LogP contribution in [-0.2, 0) is 0 Å². The van der Waals surface area contributed by atoms with Gasteiger partial charge in [0.2, 0.25) is 0 Å². The van der Waals surface area contributed by atoms with Crippen molar-refractivity contribution < 1.29 is 13.6 Å². The van der Waals surface area contributed by atoms with E-state index in [0.717, 1.165) is 12.1 Å². The number of rotatable bonds is 3. The molecule has 5 heteroatoms. The molecule has 0 spiro atoms. The van der Waals surface area contributed by atoms with Gasteiger partial charge in [-0.25, -0.2) is 8.78 Å². The van der Waals surface area contributed by atoms with Crippen molar-refractivity contribution in [1.29, 1.82) is 0 Å². The molecule has 1 saturated carbocycles. The number of anilines is 1. The minimum atomic E-state index is -0.771. The van der Waals surface area contributed by atoms with Gasteiger partial charge in [-0.3, -0.25) is 4.79 Å². The fraction of sp³-hybridized carbons (Fsp3) is 0.533. The Morgan fingerprint density at radius 2 is 1.55 bits per heavy atom. The molecule has 1 aromatic carbocycles. The Hall–Kier alpha value is -1.65. The molecule has 1 aromatic rings. The first-order chi connectivity index (χ1) is 9.12. The Morgan fingerprint density at radius 3 is 1.90 bits per heavy atom. The van der Waals surface area contributed by atoms with Crippen molar-refractivity contribution in [3.05, 3.63) is 29.3 Å². The van der Waals surface area contributed by atoms with E-state index in [1.54, 1.807) is 0 Å². The molecule has 1 fully saturated rings. The van der Waals surface area contributed by atoms with E-state index in [9.17, 15) is 13.6 Å². The van der Waals surface area contributed by atoms with Crippen LogP contribution < -0.4 is 10.6 Å². The minimum absolute atomic E-state index is 0.00222. The molecule has 110 valence electrons. The highest BCUT2D eigenvalue weighted by molar-refractivity contribution is 5.95. The van der Waals surface area contributed by atoms with Gasteiger partial charge in [-0.15, -0.1) is 0 Å². The van der Waals surface area contributed by atoms with E-state index in [-0.39, 0.29) is 28.1 Å². The highest BCUT2D eigenvalue weighted by Crippen LogP contribution is 2.62. The number of nitrogens with one attached hydrogen (secondary N) is 2. The van der Waals surface area contributed by atoms with Gasteiger partial charge in [0.15, 0.2) is 0 Å². The van der Waals surface area contributed by atoms with Crippen LogP contribution in [0.15, 0.2) is 12.1 Å². The van der Waals surface area contributed by atoms with Crippen molar-refractivity contribution in [1.82, 2.24) is 5.32 Å². The van der Waals surface area contributed by atoms with E-state index in [1.807, 2.05) is 0 Å². The molecular weight excluding hydrogens is 262 g/mol. The molecule has 0 aromatic heterocycles. The van der Waals surface area contributed by atoms with Gasteiger partial charge in [0.05, 0.1) is 0 Å². The van der Waals surface area contributed by atoms with Gasteiger partial charge in [-0.2, -0.15) is 0 Å². The summed E-state index contributed by atoms with van der Waals surface area (Å²) in [6.45, 7) is 8.23. The fourth-order valence-corrected chi connectivity index (χ4v) is 2.71. The van der Waals surface area contributed by atoms with Crippen LogP contribution in [0.25, 0.3) is 0 Å². The summed E-state index contributed by atoms with van der Waals surface area (Å²) in [5.41, 5.74) is -0.277. The van der Waals surface area contributed by atoms with Crippen LogP contribution in [0.1, 0.15) is 38.1 Å². The molecule has 1 amide bonds.